The van der Waals surface area contributed by atoms with Crippen LogP contribution < -0.4 is 4.74 Å². The minimum absolute atomic E-state index is 0.135. The Balaban J connectivity index is 2.49. The van der Waals surface area contributed by atoms with Crippen LogP contribution in [-0.4, -0.2) is 24.9 Å². The van der Waals surface area contributed by atoms with Gasteiger partial charge >= 0.3 is 0 Å². The molecule has 0 unspecified atom stereocenters. The van der Waals surface area contributed by atoms with Gasteiger partial charge in [0.25, 0.3) is 0 Å². The Morgan fingerprint density at radius 1 is 1.35 bits per heavy atom. The zero-order chi connectivity index (χ0) is 12.4. The monoisotopic (exact) mass is 270 g/mol. The van der Waals surface area contributed by atoms with E-state index in [2.05, 4.69) is 0 Å². The third kappa shape index (κ3) is 2.35. The van der Waals surface area contributed by atoms with Crippen molar-refractivity contribution in [2.24, 2.45) is 0 Å². The van der Waals surface area contributed by atoms with Crippen molar-refractivity contribution >= 4 is 29.3 Å². The van der Waals surface area contributed by atoms with Crippen LogP contribution in [0.2, 0.25) is 0 Å². The van der Waals surface area contributed by atoms with Gasteiger partial charge in [0.05, 0.1) is 15.4 Å². The van der Waals surface area contributed by atoms with Crippen molar-refractivity contribution in [3.05, 3.63) is 39.4 Å². The molecule has 0 fully saturated rings. The molecule has 90 valence electrons. The Kier molecular flexibility index (Phi) is 3.79. The molecule has 1 aliphatic heterocycles. The van der Waals surface area contributed by atoms with Crippen LogP contribution in [0.25, 0.3) is 0 Å². The maximum Gasteiger partial charge on any atom is 0.197 e. The van der Waals surface area contributed by atoms with E-state index in [9.17, 15) is 9.18 Å². The normalized spacial score (nSPS) is 14.3. The summed E-state index contributed by atoms with van der Waals surface area (Å²) in [7, 11) is 0. The van der Waals surface area contributed by atoms with Crippen molar-refractivity contribution in [2.75, 3.05) is 19.1 Å². The maximum atomic E-state index is 13.1. The summed E-state index contributed by atoms with van der Waals surface area (Å²) in [6.45, 7) is 0.258. The number of carbonyl (C=O) groups is 1. The topological polar surface area (TPSA) is 26.3 Å². The first kappa shape index (κ1) is 12.5. The van der Waals surface area contributed by atoms with Crippen LogP contribution in [0.4, 0.5) is 4.39 Å². The Hall–Kier alpha value is -0.940. The van der Waals surface area contributed by atoms with Crippen LogP contribution in [0.3, 0.4) is 0 Å². The fourth-order valence-corrected chi connectivity index (χ4v) is 3.13. The Labute approximate surface area is 108 Å². The lowest BCUT2D eigenvalue weighted by Gasteiger charge is -2.20. The lowest BCUT2D eigenvalue weighted by atomic mass is 10.0. The number of halogens is 1. The molecule has 0 aromatic heterocycles. The summed E-state index contributed by atoms with van der Waals surface area (Å²) >= 11 is 3.01. The Morgan fingerprint density at radius 2 is 2.06 bits per heavy atom. The second-order valence-corrected chi connectivity index (χ2v) is 5.32. The van der Waals surface area contributed by atoms with Gasteiger partial charge in [-0.3, -0.25) is 4.79 Å². The van der Waals surface area contributed by atoms with E-state index in [1.165, 1.54) is 41.7 Å². The highest BCUT2D eigenvalue weighted by Gasteiger charge is 2.26. The number of carbonyl (C=O) groups excluding carboxylic acids is 1. The number of thioether (sulfide) groups is 2. The molecule has 0 spiro atoms. The molecule has 1 aliphatic rings. The third-order valence-electron chi connectivity index (χ3n) is 2.45. The predicted octanol–water partition coefficient (Wildman–Crippen LogP) is 3.34. The van der Waals surface area contributed by atoms with Gasteiger partial charge in [-0.15, -0.1) is 23.5 Å². The minimum atomic E-state index is -0.420. The largest absolute Gasteiger partial charge is 0.488 e. The number of Topliss-reactive ketones (excluding diaryl/α,β-unsaturated/α-hetero) is 1. The van der Waals surface area contributed by atoms with Crippen LogP contribution in [0.1, 0.15) is 10.4 Å². The molecule has 0 saturated heterocycles. The van der Waals surface area contributed by atoms with Gasteiger partial charge in [-0.1, -0.05) is 0 Å². The molecule has 0 radical (unpaired) electrons. The van der Waals surface area contributed by atoms with E-state index in [0.717, 1.165) is 4.24 Å². The van der Waals surface area contributed by atoms with Crippen molar-refractivity contribution in [3.8, 4) is 5.75 Å². The molecule has 1 heterocycles. The van der Waals surface area contributed by atoms with E-state index in [4.69, 9.17) is 4.74 Å². The van der Waals surface area contributed by atoms with Gasteiger partial charge in [-0.05, 0) is 30.7 Å². The molecule has 2 rings (SSSR count). The van der Waals surface area contributed by atoms with Gasteiger partial charge in [-0.2, -0.15) is 0 Å². The predicted molar refractivity (Wildman–Crippen MR) is 70.3 cm³/mol. The lowest BCUT2D eigenvalue weighted by molar-refractivity contribution is 0.0998. The molecule has 1 aromatic carbocycles. The summed E-state index contributed by atoms with van der Waals surface area (Å²) in [5.41, 5.74) is 0.926. The van der Waals surface area contributed by atoms with Crippen LogP contribution in [0.5, 0.6) is 5.75 Å². The van der Waals surface area contributed by atoms with E-state index in [1.54, 1.807) is 0 Å². The zero-order valence-corrected chi connectivity index (χ0v) is 11.1. The second kappa shape index (κ2) is 5.14. The van der Waals surface area contributed by atoms with Crippen molar-refractivity contribution in [2.45, 2.75) is 0 Å². The molecule has 0 atom stereocenters. The average molecular weight is 270 g/mol. The number of rotatable bonds is 2. The quantitative estimate of drug-likeness (QED) is 0.770. The number of hydrogen-bond acceptors (Lipinski definition) is 4. The highest BCUT2D eigenvalue weighted by Crippen LogP contribution is 2.34. The second-order valence-electron chi connectivity index (χ2n) is 3.43. The Bertz CT molecular complexity index is 491. The molecule has 17 heavy (non-hydrogen) atoms. The third-order valence-corrected chi connectivity index (χ3v) is 4.68. The smallest absolute Gasteiger partial charge is 0.197 e. The molecule has 0 saturated carbocycles. The number of ether oxygens (including phenoxy) is 1. The fourth-order valence-electron chi connectivity index (χ4n) is 1.66. The van der Waals surface area contributed by atoms with Crippen molar-refractivity contribution in [3.63, 3.8) is 0 Å². The first-order valence-electron chi connectivity index (χ1n) is 4.95. The summed E-state index contributed by atoms with van der Waals surface area (Å²) in [5.74, 6) is -0.0945. The highest BCUT2D eigenvalue weighted by atomic mass is 32.2. The summed E-state index contributed by atoms with van der Waals surface area (Å²) in [6.07, 6.45) is 3.82. The van der Waals surface area contributed by atoms with Gasteiger partial charge in [-0.25, -0.2) is 4.39 Å². The summed E-state index contributed by atoms with van der Waals surface area (Å²) in [6, 6.07) is 4.02. The number of benzene rings is 1. The van der Waals surface area contributed by atoms with Crippen LogP contribution >= 0.6 is 23.5 Å². The number of fused-ring (bicyclic) bond motifs is 1. The molecular formula is C12H11FO2S2. The molecule has 0 N–H and O–H groups in total. The van der Waals surface area contributed by atoms with E-state index in [0.29, 0.717) is 16.9 Å². The summed E-state index contributed by atoms with van der Waals surface area (Å²) in [5, 5.41) is 0. The van der Waals surface area contributed by atoms with Crippen LogP contribution in [0, 0.1) is 5.82 Å². The molecule has 0 amide bonds. The molecule has 5 heteroatoms. The minimum Gasteiger partial charge on any atom is -0.488 e. The standard InChI is InChI=1S/C12H11FO2S2/c1-16-12(17-2)9-6-15-10-4-3-7(13)5-8(10)11(9)14/h3-5H,6H2,1-2H3. The fraction of sp³-hybridized carbons (Fsp3) is 0.250. The number of hydrogen-bond donors (Lipinski definition) is 0. The molecule has 2 nitrogen and oxygen atoms in total. The first-order chi connectivity index (χ1) is 8.17. The average Bonchev–Trinajstić information content (AvgIpc) is 2.34. The van der Waals surface area contributed by atoms with E-state index >= 15 is 0 Å². The van der Waals surface area contributed by atoms with Crippen molar-refractivity contribution in [1.29, 1.82) is 0 Å². The SMILES string of the molecule is CSC(SC)=C1COc2ccc(F)cc2C1=O. The summed E-state index contributed by atoms with van der Waals surface area (Å²) in [4.78, 5) is 12.2. The van der Waals surface area contributed by atoms with Gasteiger partial charge in [0.15, 0.2) is 5.78 Å². The summed E-state index contributed by atoms with van der Waals surface area (Å²) < 4.78 is 19.5. The van der Waals surface area contributed by atoms with Gasteiger partial charge in [0.1, 0.15) is 18.2 Å². The molecule has 0 aliphatic carbocycles. The van der Waals surface area contributed by atoms with Crippen molar-refractivity contribution < 1.29 is 13.9 Å². The molecular weight excluding hydrogens is 259 g/mol. The Morgan fingerprint density at radius 3 is 2.71 bits per heavy atom. The zero-order valence-electron chi connectivity index (χ0n) is 9.45. The van der Waals surface area contributed by atoms with Gasteiger partial charge in [0, 0.05) is 0 Å². The van der Waals surface area contributed by atoms with E-state index < -0.39 is 5.82 Å². The van der Waals surface area contributed by atoms with Crippen LogP contribution in [-0.2, 0) is 0 Å². The number of ketones is 1. The maximum absolute atomic E-state index is 13.1. The molecule has 0 bridgehead atoms. The van der Waals surface area contributed by atoms with Crippen molar-refractivity contribution in [1.82, 2.24) is 0 Å². The lowest BCUT2D eigenvalue weighted by Crippen LogP contribution is -2.20. The van der Waals surface area contributed by atoms with Gasteiger partial charge < -0.3 is 4.74 Å². The molecule has 1 aromatic rings. The van der Waals surface area contributed by atoms with E-state index in [1.807, 2.05) is 12.5 Å². The van der Waals surface area contributed by atoms with Gasteiger partial charge in [0.2, 0.25) is 0 Å². The van der Waals surface area contributed by atoms with Crippen LogP contribution in [0.15, 0.2) is 28.0 Å². The van der Waals surface area contributed by atoms with E-state index in [-0.39, 0.29) is 12.4 Å². The first-order valence-corrected chi connectivity index (χ1v) is 7.40. The highest BCUT2D eigenvalue weighted by molar-refractivity contribution is 8.21.